The number of nitrogens with one attached hydrogen (secondary N) is 1. The molecular weight excluding hydrogens is 317 g/mol. The molecular formula is C13H12FNO4S2. The zero-order valence-electron chi connectivity index (χ0n) is 11.2. The molecule has 1 aromatic carbocycles. The summed E-state index contributed by atoms with van der Waals surface area (Å²) in [5.74, 6) is -1.75. The fourth-order valence-corrected chi connectivity index (χ4v) is 4.51. The summed E-state index contributed by atoms with van der Waals surface area (Å²) in [6.07, 6.45) is 0. The lowest BCUT2D eigenvalue weighted by Crippen LogP contribution is -2.16. The third-order valence-electron chi connectivity index (χ3n) is 2.79. The van der Waals surface area contributed by atoms with Crippen LogP contribution in [0.1, 0.15) is 20.8 Å². The van der Waals surface area contributed by atoms with E-state index >= 15 is 0 Å². The highest BCUT2D eigenvalue weighted by molar-refractivity contribution is 7.93. The first-order valence-electron chi connectivity index (χ1n) is 5.82. The Bertz CT molecular complexity index is 812. The standard InChI is InChI=1S/C13H12FNO4S2/c1-7-5-9(3-4-10(7)14)15-21(18,19)12-8(2)6-20-11(12)13(16)17/h3-6,15H,1-2H3,(H,16,17). The van der Waals surface area contributed by atoms with Crippen LogP contribution >= 0.6 is 11.3 Å². The number of rotatable bonds is 4. The van der Waals surface area contributed by atoms with Gasteiger partial charge in [-0.25, -0.2) is 17.6 Å². The van der Waals surface area contributed by atoms with Crippen molar-refractivity contribution in [2.75, 3.05) is 4.72 Å². The van der Waals surface area contributed by atoms with E-state index in [0.29, 0.717) is 5.56 Å². The molecule has 21 heavy (non-hydrogen) atoms. The second-order valence-electron chi connectivity index (χ2n) is 4.45. The number of carboxylic acids is 1. The molecule has 1 aromatic heterocycles. The fraction of sp³-hybridized carbons (Fsp3) is 0.154. The minimum Gasteiger partial charge on any atom is -0.477 e. The van der Waals surface area contributed by atoms with E-state index in [1.165, 1.54) is 31.4 Å². The quantitative estimate of drug-likeness (QED) is 0.903. The Hall–Kier alpha value is -1.93. The van der Waals surface area contributed by atoms with Crippen LogP contribution < -0.4 is 4.72 Å². The van der Waals surface area contributed by atoms with Crippen molar-refractivity contribution < 1.29 is 22.7 Å². The van der Waals surface area contributed by atoms with Crippen molar-refractivity contribution in [2.24, 2.45) is 0 Å². The predicted octanol–water partition coefficient (Wildman–Crippen LogP) is 3.00. The molecule has 0 fully saturated rings. The van der Waals surface area contributed by atoms with Crippen molar-refractivity contribution in [1.82, 2.24) is 0 Å². The molecule has 0 atom stereocenters. The van der Waals surface area contributed by atoms with E-state index in [0.717, 1.165) is 17.4 Å². The number of benzene rings is 1. The van der Waals surface area contributed by atoms with Gasteiger partial charge in [0.15, 0.2) is 0 Å². The molecule has 112 valence electrons. The van der Waals surface area contributed by atoms with Crippen molar-refractivity contribution in [1.29, 1.82) is 0 Å². The third kappa shape index (κ3) is 3.06. The zero-order chi connectivity index (χ0) is 15.8. The summed E-state index contributed by atoms with van der Waals surface area (Å²) in [7, 11) is -4.05. The average Bonchev–Trinajstić information content (AvgIpc) is 2.76. The summed E-state index contributed by atoms with van der Waals surface area (Å²) < 4.78 is 40.1. The predicted molar refractivity (Wildman–Crippen MR) is 78.0 cm³/mol. The molecule has 2 rings (SSSR count). The molecule has 0 aliphatic heterocycles. The lowest BCUT2D eigenvalue weighted by molar-refractivity contribution is 0.0698. The Morgan fingerprint density at radius 1 is 1.29 bits per heavy atom. The summed E-state index contributed by atoms with van der Waals surface area (Å²) in [4.78, 5) is 10.6. The van der Waals surface area contributed by atoms with Crippen LogP contribution in [0.5, 0.6) is 0 Å². The minimum absolute atomic E-state index is 0.177. The monoisotopic (exact) mass is 329 g/mol. The van der Waals surface area contributed by atoms with Crippen molar-refractivity contribution in [2.45, 2.75) is 18.7 Å². The van der Waals surface area contributed by atoms with Crippen molar-refractivity contribution in [3.63, 3.8) is 0 Å². The Balaban J connectivity index is 2.45. The fourth-order valence-electron chi connectivity index (χ4n) is 1.83. The van der Waals surface area contributed by atoms with Crippen LogP contribution in [0.4, 0.5) is 10.1 Å². The number of aromatic carboxylic acids is 1. The van der Waals surface area contributed by atoms with Gasteiger partial charge in [0.1, 0.15) is 15.6 Å². The van der Waals surface area contributed by atoms with E-state index < -0.39 is 21.8 Å². The molecule has 0 unspecified atom stereocenters. The molecule has 0 saturated heterocycles. The van der Waals surface area contributed by atoms with Crippen LogP contribution in [0.2, 0.25) is 0 Å². The number of thiophene rings is 1. The van der Waals surface area contributed by atoms with E-state index in [9.17, 15) is 17.6 Å². The maximum Gasteiger partial charge on any atom is 0.347 e. The molecule has 0 amide bonds. The first kappa shape index (κ1) is 15.5. The van der Waals surface area contributed by atoms with Crippen LogP contribution in [0.15, 0.2) is 28.5 Å². The number of halogens is 1. The number of anilines is 1. The first-order chi connectivity index (χ1) is 9.72. The summed E-state index contributed by atoms with van der Waals surface area (Å²) in [6.45, 7) is 3.03. The molecule has 2 N–H and O–H groups in total. The number of sulfonamides is 1. The Kier molecular flexibility index (Phi) is 4.02. The van der Waals surface area contributed by atoms with Gasteiger partial charge in [-0.3, -0.25) is 4.72 Å². The number of hydrogen-bond donors (Lipinski definition) is 2. The van der Waals surface area contributed by atoms with Gasteiger partial charge in [0.05, 0.1) is 0 Å². The van der Waals surface area contributed by atoms with Crippen LogP contribution in [-0.2, 0) is 10.0 Å². The van der Waals surface area contributed by atoms with Crippen LogP contribution in [0, 0.1) is 19.7 Å². The molecule has 0 aliphatic rings. The van der Waals surface area contributed by atoms with Gasteiger partial charge in [0.2, 0.25) is 0 Å². The molecule has 0 spiro atoms. The molecule has 0 bridgehead atoms. The SMILES string of the molecule is Cc1cc(NS(=O)(=O)c2c(C)csc2C(=O)O)ccc1F. The Labute approximate surface area is 125 Å². The van der Waals surface area contributed by atoms with Crippen molar-refractivity contribution in [3.05, 3.63) is 45.4 Å². The molecule has 5 nitrogen and oxygen atoms in total. The first-order valence-corrected chi connectivity index (χ1v) is 8.19. The lowest BCUT2D eigenvalue weighted by Gasteiger charge is -2.10. The van der Waals surface area contributed by atoms with Crippen LogP contribution in [-0.4, -0.2) is 19.5 Å². The number of carbonyl (C=O) groups is 1. The van der Waals surface area contributed by atoms with E-state index in [1.54, 1.807) is 0 Å². The topological polar surface area (TPSA) is 83.5 Å². The van der Waals surface area contributed by atoms with Gasteiger partial charge < -0.3 is 5.11 Å². The van der Waals surface area contributed by atoms with Crippen molar-refractivity contribution >= 4 is 33.0 Å². The summed E-state index contributed by atoms with van der Waals surface area (Å²) >= 11 is 0.849. The summed E-state index contributed by atoms with van der Waals surface area (Å²) in [6, 6.07) is 3.77. The molecule has 2 aromatic rings. The highest BCUT2D eigenvalue weighted by Gasteiger charge is 2.26. The Morgan fingerprint density at radius 3 is 2.52 bits per heavy atom. The van der Waals surface area contributed by atoms with Gasteiger partial charge in [-0.1, -0.05) is 0 Å². The Morgan fingerprint density at radius 2 is 1.95 bits per heavy atom. The second-order valence-corrected chi connectivity index (χ2v) is 6.95. The average molecular weight is 329 g/mol. The maximum absolute atomic E-state index is 13.2. The lowest BCUT2D eigenvalue weighted by atomic mass is 10.2. The van der Waals surface area contributed by atoms with Gasteiger partial charge in [-0.05, 0) is 48.6 Å². The minimum atomic E-state index is -4.05. The normalized spacial score (nSPS) is 11.4. The summed E-state index contributed by atoms with van der Waals surface area (Å²) in [5.41, 5.74) is 0.815. The molecule has 0 saturated carbocycles. The van der Waals surface area contributed by atoms with E-state index in [4.69, 9.17) is 5.11 Å². The molecule has 0 aliphatic carbocycles. The van der Waals surface area contributed by atoms with Gasteiger partial charge >= 0.3 is 5.97 Å². The molecule has 1 heterocycles. The number of carboxylic acid groups (broad SMARTS) is 1. The number of aryl methyl sites for hydroxylation is 2. The largest absolute Gasteiger partial charge is 0.477 e. The summed E-state index contributed by atoms with van der Waals surface area (Å²) in [5, 5.41) is 10.5. The highest BCUT2D eigenvalue weighted by atomic mass is 32.2. The van der Waals surface area contributed by atoms with Gasteiger partial charge in [-0.2, -0.15) is 0 Å². The molecule has 0 radical (unpaired) electrons. The third-order valence-corrected chi connectivity index (χ3v) is 5.57. The highest BCUT2D eigenvalue weighted by Crippen LogP contribution is 2.29. The van der Waals surface area contributed by atoms with Gasteiger partial charge in [-0.15, -0.1) is 11.3 Å². The molecule has 8 heteroatoms. The van der Waals surface area contributed by atoms with Gasteiger partial charge in [0.25, 0.3) is 10.0 Å². The maximum atomic E-state index is 13.2. The van der Waals surface area contributed by atoms with E-state index in [1.807, 2.05) is 0 Å². The van der Waals surface area contributed by atoms with Crippen molar-refractivity contribution in [3.8, 4) is 0 Å². The van der Waals surface area contributed by atoms with Gasteiger partial charge in [0, 0.05) is 5.69 Å². The van der Waals surface area contributed by atoms with Crippen LogP contribution in [0.3, 0.4) is 0 Å². The second kappa shape index (κ2) is 5.45. The van der Waals surface area contributed by atoms with Crippen LogP contribution in [0.25, 0.3) is 0 Å². The number of hydrogen-bond acceptors (Lipinski definition) is 4. The van der Waals surface area contributed by atoms with E-state index in [2.05, 4.69) is 4.72 Å². The van der Waals surface area contributed by atoms with E-state index in [-0.39, 0.29) is 21.0 Å². The zero-order valence-corrected chi connectivity index (χ0v) is 12.8. The smallest absolute Gasteiger partial charge is 0.347 e.